The van der Waals surface area contributed by atoms with Crippen molar-refractivity contribution >= 4 is 5.69 Å². The van der Waals surface area contributed by atoms with Crippen LogP contribution in [0.1, 0.15) is 25.3 Å². The highest BCUT2D eigenvalue weighted by molar-refractivity contribution is 5.48. The Balaban J connectivity index is 2.06. The van der Waals surface area contributed by atoms with Crippen LogP contribution in [0.5, 0.6) is 0 Å². The molecule has 0 spiro atoms. The Morgan fingerprint density at radius 2 is 1.82 bits per heavy atom. The van der Waals surface area contributed by atoms with Crippen LogP contribution in [0.15, 0.2) is 24.3 Å². The Hall–Kier alpha value is -1.02. The molecule has 1 aromatic rings. The van der Waals surface area contributed by atoms with Gasteiger partial charge in [-0.15, -0.1) is 0 Å². The monoisotopic (exact) mass is 232 g/mol. The summed E-state index contributed by atoms with van der Waals surface area (Å²) in [7, 11) is 4.39. The molecule has 2 rings (SSSR count). The van der Waals surface area contributed by atoms with Crippen molar-refractivity contribution in [2.24, 2.45) is 0 Å². The van der Waals surface area contributed by atoms with Crippen LogP contribution in [0.3, 0.4) is 0 Å². The lowest BCUT2D eigenvalue weighted by Gasteiger charge is -2.41. The maximum absolute atomic E-state index is 2.54. The second kappa shape index (κ2) is 5.09. The summed E-state index contributed by atoms with van der Waals surface area (Å²) in [5.41, 5.74) is 2.71. The molecule has 2 heteroatoms. The van der Waals surface area contributed by atoms with Gasteiger partial charge in [-0.3, -0.25) is 0 Å². The minimum atomic E-state index is 0.638. The third-order valence-electron chi connectivity index (χ3n) is 3.94. The van der Waals surface area contributed by atoms with Gasteiger partial charge in [0.05, 0.1) is 0 Å². The highest BCUT2D eigenvalue weighted by atomic mass is 15.2. The highest BCUT2D eigenvalue weighted by Gasteiger charge is 2.26. The van der Waals surface area contributed by atoms with E-state index in [2.05, 4.69) is 62.0 Å². The second-order valence-electron chi connectivity index (χ2n) is 5.52. The first kappa shape index (κ1) is 12.4. The molecule has 1 aliphatic rings. The van der Waals surface area contributed by atoms with Crippen LogP contribution < -0.4 is 4.90 Å². The Morgan fingerprint density at radius 1 is 1.18 bits per heavy atom. The Labute approximate surface area is 105 Å². The minimum Gasteiger partial charge on any atom is -0.369 e. The molecule has 0 radical (unpaired) electrons. The van der Waals surface area contributed by atoms with Gasteiger partial charge in [0.25, 0.3) is 0 Å². The van der Waals surface area contributed by atoms with Crippen LogP contribution in [0, 0.1) is 6.92 Å². The number of aryl methyl sites for hydroxylation is 1. The third kappa shape index (κ3) is 2.81. The van der Waals surface area contributed by atoms with E-state index < -0.39 is 0 Å². The van der Waals surface area contributed by atoms with Gasteiger partial charge < -0.3 is 9.80 Å². The number of rotatable bonds is 2. The molecular weight excluding hydrogens is 208 g/mol. The predicted molar refractivity (Wildman–Crippen MR) is 74.7 cm³/mol. The smallest absolute Gasteiger partial charge is 0.0368 e. The Kier molecular flexibility index (Phi) is 3.72. The summed E-state index contributed by atoms with van der Waals surface area (Å²) in [6.07, 6.45) is 2.53. The molecule has 1 heterocycles. The molecule has 0 bridgehead atoms. The lowest BCUT2D eigenvalue weighted by atomic mass is 9.96. The van der Waals surface area contributed by atoms with Crippen molar-refractivity contribution in [3.05, 3.63) is 29.8 Å². The molecule has 0 amide bonds. The first-order valence-corrected chi connectivity index (χ1v) is 6.57. The van der Waals surface area contributed by atoms with Crippen LogP contribution in [-0.2, 0) is 0 Å². The molecule has 0 saturated carbocycles. The quantitative estimate of drug-likeness (QED) is 0.773. The largest absolute Gasteiger partial charge is 0.369 e. The molecule has 1 aromatic carbocycles. The SMILES string of the molecule is Cc1ccc(N2CCC(N(C)C)CC2C)cc1. The fourth-order valence-electron chi connectivity index (χ4n) is 2.74. The van der Waals surface area contributed by atoms with E-state index in [4.69, 9.17) is 0 Å². The standard InChI is InChI=1S/C15H24N2/c1-12-5-7-14(8-6-12)17-10-9-15(16(3)4)11-13(17)2/h5-8,13,15H,9-11H2,1-4H3. The van der Waals surface area contributed by atoms with Gasteiger partial charge in [-0.05, 0) is 52.9 Å². The second-order valence-corrected chi connectivity index (χ2v) is 5.52. The van der Waals surface area contributed by atoms with Crippen LogP contribution >= 0.6 is 0 Å². The number of benzene rings is 1. The molecule has 0 N–H and O–H groups in total. The van der Waals surface area contributed by atoms with Gasteiger partial charge in [-0.1, -0.05) is 17.7 Å². The van der Waals surface area contributed by atoms with Crippen LogP contribution in [0.4, 0.5) is 5.69 Å². The van der Waals surface area contributed by atoms with Crippen LogP contribution in [-0.4, -0.2) is 37.6 Å². The highest BCUT2D eigenvalue weighted by Crippen LogP contribution is 2.26. The summed E-state index contributed by atoms with van der Waals surface area (Å²) >= 11 is 0. The van der Waals surface area contributed by atoms with Crippen molar-refractivity contribution in [3.8, 4) is 0 Å². The van der Waals surface area contributed by atoms with Crippen molar-refractivity contribution < 1.29 is 0 Å². The third-order valence-corrected chi connectivity index (χ3v) is 3.94. The predicted octanol–water partition coefficient (Wildman–Crippen LogP) is 2.91. The molecule has 1 fully saturated rings. The zero-order chi connectivity index (χ0) is 12.4. The summed E-state index contributed by atoms with van der Waals surface area (Å²) in [4.78, 5) is 4.91. The first-order valence-electron chi connectivity index (χ1n) is 6.57. The van der Waals surface area contributed by atoms with E-state index in [1.807, 2.05) is 0 Å². The van der Waals surface area contributed by atoms with Crippen molar-refractivity contribution in [2.45, 2.75) is 38.8 Å². The Morgan fingerprint density at radius 3 is 2.35 bits per heavy atom. The average molecular weight is 232 g/mol. The molecule has 2 nitrogen and oxygen atoms in total. The maximum Gasteiger partial charge on any atom is 0.0368 e. The van der Waals surface area contributed by atoms with E-state index >= 15 is 0 Å². The summed E-state index contributed by atoms with van der Waals surface area (Å²) in [5, 5.41) is 0. The molecule has 2 unspecified atom stereocenters. The molecule has 17 heavy (non-hydrogen) atoms. The molecule has 94 valence electrons. The zero-order valence-electron chi connectivity index (χ0n) is 11.5. The maximum atomic E-state index is 2.54. The normalized spacial score (nSPS) is 25.4. The number of piperidine rings is 1. The summed E-state index contributed by atoms with van der Waals surface area (Å²) in [6.45, 7) is 5.66. The van der Waals surface area contributed by atoms with E-state index in [9.17, 15) is 0 Å². The Bertz CT molecular complexity index is 356. The summed E-state index contributed by atoms with van der Waals surface area (Å²) in [6, 6.07) is 10.3. The molecule has 1 aliphatic heterocycles. The van der Waals surface area contributed by atoms with Crippen molar-refractivity contribution in [1.82, 2.24) is 4.90 Å². The van der Waals surface area contributed by atoms with Gasteiger partial charge in [0.1, 0.15) is 0 Å². The summed E-state index contributed by atoms with van der Waals surface area (Å²) in [5.74, 6) is 0. The molecule has 2 atom stereocenters. The van der Waals surface area contributed by atoms with E-state index in [-0.39, 0.29) is 0 Å². The fourth-order valence-corrected chi connectivity index (χ4v) is 2.74. The van der Waals surface area contributed by atoms with E-state index in [0.717, 1.165) is 6.04 Å². The summed E-state index contributed by atoms with van der Waals surface area (Å²) < 4.78 is 0. The van der Waals surface area contributed by atoms with Gasteiger partial charge >= 0.3 is 0 Å². The van der Waals surface area contributed by atoms with Crippen molar-refractivity contribution in [2.75, 3.05) is 25.5 Å². The van der Waals surface area contributed by atoms with Crippen molar-refractivity contribution in [1.29, 1.82) is 0 Å². The van der Waals surface area contributed by atoms with Crippen LogP contribution in [0.25, 0.3) is 0 Å². The molecule has 0 aromatic heterocycles. The minimum absolute atomic E-state index is 0.638. The average Bonchev–Trinajstić information content (AvgIpc) is 2.30. The number of anilines is 1. The lowest BCUT2D eigenvalue weighted by Crippen LogP contribution is -2.47. The van der Waals surface area contributed by atoms with Gasteiger partial charge in [0, 0.05) is 24.3 Å². The zero-order valence-corrected chi connectivity index (χ0v) is 11.5. The topological polar surface area (TPSA) is 6.48 Å². The lowest BCUT2D eigenvalue weighted by molar-refractivity contribution is 0.229. The van der Waals surface area contributed by atoms with E-state index in [1.165, 1.54) is 30.6 Å². The fraction of sp³-hybridized carbons (Fsp3) is 0.600. The van der Waals surface area contributed by atoms with Crippen LogP contribution in [0.2, 0.25) is 0 Å². The van der Waals surface area contributed by atoms with E-state index in [0.29, 0.717) is 6.04 Å². The number of hydrogen-bond acceptors (Lipinski definition) is 2. The molecular formula is C15H24N2. The molecule has 0 aliphatic carbocycles. The molecule has 1 saturated heterocycles. The van der Waals surface area contributed by atoms with Gasteiger partial charge in [-0.2, -0.15) is 0 Å². The van der Waals surface area contributed by atoms with Gasteiger partial charge in [0.15, 0.2) is 0 Å². The number of hydrogen-bond donors (Lipinski definition) is 0. The van der Waals surface area contributed by atoms with Gasteiger partial charge in [-0.25, -0.2) is 0 Å². The van der Waals surface area contributed by atoms with Crippen molar-refractivity contribution in [3.63, 3.8) is 0 Å². The first-order chi connectivity index (χ1) is 8.08. The van der Waals surface area contributed by atoms with E-state index in [1.54, 1.807) is 0 Å². The van der Waals surface area contributed by atoms with Gasteiger partial charge in [0.2, 0.25) is 0 Å². The number of nitrogens with zero attached hydrogens (tertiary/aromatic N) is 2.